The second-order valence-electron chi connectivity index (χ2n) is 6.49. The number of aldehydes is 1. The van der Waals surface area contributed by atoms with E-state index in [1.165, 1.54) is 17.0 Å². The number of carbonyl (C=O) groups excluding carboxylic acids is 2. The summed E-state index contributed by atoms with van der Waals surface area (Å²) < 4.78 is 76.6. The van der Waals surface area contributed by atoms with Gasteiger partial charge in [-0.3, -0.25) is 9.59 Å². The first kappa shape index (κ1) is 21.7. The van der Waals surface area contributed by atoms with Crippen molar-refractivity contribution in [2.24, 2.45) is 0 Å². The number of halogens is 4. The first-order valence-electron chi connectivity index (χ1n) is 8.52. The molecule has 0 saturated carbocycles. The molecule has 0 radical (unpaired) electrons. The topological polar surface area (TPSA) is 93.6 Å². The van der Waals surface area contributed by atoms with E-state index < -0.39 is 33.1 Å². The highest BCUT2D eigenvalue weighted by atomic mass is 32.2. The molecule has 1 saturated heterocycles. The number of benzene rings is 1. The Balaban J connectivity index is 1.77. The zero-order valence-corrected chi connectivity index (χ0v) is 15.9. The third-order valence-electron chi connectivity index (χ3n) is 4.54. The maximum Gasteiger partial charge on any atom is 0.534 e. The monoisotopic (exact) mass is 446 g/mol. The highest BCUT2D eigenvalue weighted by Gasteiger charge is 2.48. The summed E-state index contributed by atoms with van der Waals surface area (Å²) in [5, 5.41) is 0. The van der Waals surface area contributed by atoms with E-state index in [1.54, 1.807) is 0 Å². The molecule has 0 bridgehead atoms. The van der Waals surface area contributed by atoms with Crippen LogP contribution in [0.1, 0.15) is 38.7 Å². The maximum absolute atomic E-state index is 13.0. The third kappa shape index (κ3) is 4.42. The van der Waals surface area contributed by atoms with Gasteiger partial charge in [-0.15, -0.1) is 0 Å². The van der Waals surface area contributed by atoms with Crippen LogP contribution in [0, 0.1) is 5.82 Å². The van der Waals surface area contributed by atoms with Crippen LogP contribution in [0.5, 0.6) is 5.75 Å². The van der Waals surface area contributed by atoms with Crippen molar-refractivity contribution in [1.82, 2.24) is 9.88 Å². The van der Waals surface area contributed by atoms with E-state index in [9.17, 15) is 35.6 Å². The van der Waals surface area contributed by atoms with Crippen molar-refractivity contribution in [3.8, 4) is 5.75 Å². The summed E-state index contributed by atoms with van der Waals surface area (Å²) in [6.07, 6.45) is 1.74. The van der Waals surface area contributed by atoms with Gasteiger partial charge in [-0.1, -0.05) is 6.07 Å². The summed E-state index contributed by atoms with van der Waals surface area (Å²) in [7, 11) is -5.86. The average molecular weight is 446 g/mol. The van der Waals surface area contributed by atoms with E-state index in [4.69, 9.17) is 0 Å². The van der Waals surface area contributed by atoms with Gasteiger partial charge in [0.15, 0.2) is 0 Å². The largest absolute Gasteiger partial charge is 0.534 e. The van der Waals surface area contributed by atoms with Crippen molar-refractivity contribution in [2.45, 2.75) is 17.8 Å². The molecule has 3 rings (SSSR count). The summed E-state index contributed by atoms with van der Waals surface area (Å²) in [5.74, 6) is -1.99. The van der Waals surface area contributed by atoms with Gasteiger partial charge in [0, 0.05) is 24.6 Å². The number of rotatable bonds is 5. The number of alkyl halides is 3. The molecule has 1 atom stereocenters. The molecule has 2 heterocycles. The van der Waals surface area contributed by atoms with Crippen molar-refractivity contribution in [3.05, 3.63) is 59.2 Å². The Bertz CT molecular complexity index is 1070. The van der Waals surface area contributed by atoms with Crippen LogP contribution in [0.25, 0.3) is 0 Å². The summed E-state index contributed by atoms with van der Waals surface area (Å²) >= 11 is 0. The van der Waals surface area contributed by atoms with Crippen LogP contribution in [-0.2, 0) is 10.1 Å². The number of aromatic nitrogens is 1. The van der Waals surface area contributed by atoms with Crippen molar-refractivity contribution >= 4 is 22.3 Å². The average Bonchev–Trinajstić information content (AvgIpc) is 3.16. The second-order valence-corrected chi connectivity index (χ2v) is 8.03. The highest BCUT2D eigenvalue weighted by molar-refractivity contribution is 7.88. The summed E-state index contributed by atoms with van der Waals surface area (Å²) in [6, 6.07) is 5.55. The molecular formula is C18H14F4N2O5S. The lowest BCUT2D eigenvalue weighted by Gasteiger charge is -2.17. The third-order valence-corrected chi connectivity index (χ3v) is 5.52. The highest BCUT2D eigenvalue weighted by Crippen LogP contribution is 2.33. The first-order chi connectivity index (χ1) is 14.0. The van der Waals surface area contributed by atoms with Gasteiger partial charge in [-0.2, -0.15) is 21.6 Å². The molecule has 30 heavy (non-hydrogen) atoms. The molecule has 160 valence electrons. The van der Waals surface area contributed by atoms with Crippen LogP contribution in [0.4, 0.5) is 17.6 Å². The van der Waals surface area contributed by atoms with Crippen molar-refractivity contribution in [2.75, 3.05) is 13.1 Å². The predicted octanol–water partition coefficient (Wildman–Crippen LogP) is 2.89. The molecule has 0 spiro atoms. The van der Waals surface area contributed by atoms with E-state index in [1.807, 2.05) is 0 Å². The predicted molar refractivity (Wildman–Crippen MR) is 94.9 cm³/mol. The number of likely N-dealkylation sites (tertiary alicyclic amines) is 1. The maximum atomic E-state index is 13.0. The van der Waals surface area contributed by atoms with Crippen LogP contribution in [0.3, 0.4) is 0 Å². The molecule has 1 aromatic carbocycles. The van der Waals surface area contributed by atoms with Crippen LogP contribution >= 0.6 is 0 Å². The summed E-state index contributed by atoms with van der Waals surface area (Å²) in [6.45, 7) is 0.515. The van der Waals surface area contributed by atoms with Gasteiger partial charge in [-0.25, -0.2) is 9.37 Å². The van der Waals surface area contributed by atoms with Crippen molar-refractivity contribution in [3.63, 3.8) is 0 Å². The number of nitrogens with zero attached hydrogens (tertiary/aromatic N) is 2. The molecule has 1 aromatic heterocycles. The number of hydrogen-bond donors (Lipinski definition) is 0. The minimum absolute atomic E-state index is 0.0498. The molecule has 1 amide bonds. The number of amides is 1. The fraction of sp³-hybridized carbons (Fsp3) is 0.278. The van der Waals surface area contributed by atoms with E-state index in [2.05, 4.69) is 9.17 Å². The zero-order valence-electron chi connectivity index (χ0n) is 15.1. The minimum Gasteiger partial charge on any atom is -0.376 e. The standard InChI is InChI=1S/C18H14F4N2O5S/c19-13-1-4-16(23-8-13)17(26)24-6-5-11(9-24)15-3-2-14(7-12(15)10-25)29-30(27,28)18(20,21)22/h1-4,7-8,10-11H,5-6,9H2. The van der Waals surface area contributed by atoms with Gasteiger partial charge in [0.2, 0.25) is 0 Å². The van der Waals surface area contributed by atoms with E-state index >= 15 is 0 Å². The number of pyridine rings is 1. The van der Waals surface area contributed by atoms with Crippen LogP contribution in [0.2, 0.25) is 0 Å². The second kappa shape index (κ2) is 8.01. The zero-order chi connectivity index (χ0) is 22.1. The van der Waals surface area contributed by atoms with Crippen LogP contribution in [0.15, 0.2) is 36.5 Å². The lowest BCUT2D eigenvalue weighted by atomic mass is 9.94. The van der Waals surface area contributed by atoms with Gasteiger partial charge < -0.3 is 9.08 Å². The van der Waals surface area contributed by atoms with Crippen molar-refractivity contribution in [1.29, 1.82) is 0 Å². The van der Waals surface area contributed by atoms with Gasteiger partial charge >= 0.3 is 15.6 Å². The van der Waals surface area contributed by atoms with E-state index in [0.717, 1.165) is 24.4 Å². The number of carbonyl (C=O) groups is 2. The van der Waals surface area contributed by atoms with E-state index in [0.29, 0.717) is 24.8 Å². The quantitative estimate of drug-likeness (QED) is 0.304. The Morgan fingerprint density at radius 1 is 1.23 bits per heavy atom. The lowest BCUT2D eigenvalue weighted by Crippen LogP contribution is -2.29. The molecule has 0 aliphatic carbocycles. The van der Waals surface area contributed by atoms with Crippen LogP contribution in [-0.4, -0.2) is 49.1 Å². The Labute approximate surface area is 168 Å². The minimum atomic E-state index is -5.86. The summed E-state index contributed by atoms with van der Waals surface area (Å²) in [5.41, 5.74) is -5.17. The molecule has 1 fully saturated rings. The molecule has 1 aliphatic heterocycles. The molecule has 7 nitrogen and oxygen atoms in total. The Morgan fingerprint density at radius 3 is 2.57 bits per heavy atom. The molecule has 1 unspecified atom stereocenters. The normalized spacial score (nSPS) is 17.1. The smallest absolute Gasteiger partial charge is 0.376 e. The van der Waals surface area contributed by atoms with E-state index in [-0.39, 0.29) is 23.7 Å². The molecule has 12 heteroatoms. The Kier molecular flexibility index (Phi) is 5.79. The van der Waals surface area contributed by atoms with Gasteiger partial charge in [0.05, 0.1) is 6.20 Å². The van der Waals surface area contributed by atoms with Gasteiger partial charge in [0.25, 0.3) is 5.91 Å². The fourth-order valence-corrected chi connectivity index (χ4v) is 3.57. The summed E-state index contributed by atoms with van der Waals surface area (Å²) in [4.78, 5) is 29.1. The molecular weight excluding hydrogens is 432 g/mol. The number of hydrogen-bond acceptors (Lipinski definition) is 6. The first-order valence-corrected chi connectivity index (χ1v) is 9.93. The molecule has 2 aromatic rings. The van der Waals surface area contributed by atoms with Gasteiger partial charge in [0.1, 0.15) is 23.5 Å². The lowest BCUT2D eigenvalue weighted by molar-refractivity contribution is -0.0500. The van der Waals surface area contributed by atoms with Crippen LogP contribution < -0.4 is 4.18 Å². The van der Waals surface area contributed by atoms with Gasteiger partial charge in [-0.05, 0) is 36.2 Å². The molecule has 1 aliphatic rings. The Morgan fingerprint density at radius 2 is 1.97 bits per heavy atom. The SMILES string of the molecule is O=Cc1cc(OS(=O)(=O)C(F)(F)F)ccc1C1CCN(C(=O)c2ccc(F)cn2)C1. The molecule has 0 N–H and O–H groups in total. The van der Waals surface area contributed by atoms with Crippen molar-refractivity contribution < 1.29 is 39.8 Å². The fourth-order valence-electron chi connectivity index (χ4n) is 3.12. The Hall–Kier alpha value is -3.02.